The molecule has 1 rings (SSSR count). The summed E-state index contributed by atoms with van der Waals surface area (Å²) >= 11 is 0. The molecule has 0 heterocycles. The summed E-state index contributed by atoms with van der Waals surface area (Å²) in [5.74, 6) is -0.850. The van der Waals surface area contributed by atoms with E-state index in [4.69, 9.17) is 0 Å². The van der Waals surface area contributed by atoms with Gasteiger partial charge in [-0.3, -0.25) is 0 Å². The molecule has 4 nitrogen and oxygen atoms in total. The van der Waals surface area contributed by atoms with Crippen molar-refractivity contribution in [2.75, 3.05) is 6.54 Å². The predicted octanol–water partition coefficient (Wildman–Crippen LogP) is 2.53. The van der Waals surface area contributed by atoms with Gasteiger partial charge in [0.2, 0.25) is 10.0 Å². The number of alkyl halides is 3. The van der Waals surface area contributed by atoms with Crippen LogP contribution in [-0.2, 0) is 22.0 Å². The van der Waals surface area contributed by atoms with E-state index >= 15 is 0 Å². The minimum Gasteiger partial charge on any atom is -0.393 e. The van der Waals surface area contributed by atoms with Gasteiger partial charge in [0.1, 0.15) is 0 Å². The van der Waals surface area contributed by atoms with Gasteiger partial charge < -0.3 is 5.11 Å². The molecule has 0 spiro atoms. The number of nitrogens with one attached hydrogen (secondary N) is 1. The molecular formula is C14H20F3NO3S. The van der Waals surface area contributed by atoms with Crippen LogP contribution in [0.1, 0.15) is 31.4 Å². The van der Waals surface area contributed by atoms with Gasteiger partial charge in [-0.15, -0.1) is 0 Å². The number of aliphatic hydroxyl groups excluding tert-OH is 1. The van der Waals surface area contributed by atoms with Crippen molar-refractivity contribution in [2.45, 2.75) is 38.3 Å². The molecule has 22 heavy (non-hydrogen) atoms. The summed E-state index contributed by atoms with van der Waals surface area (Å²) in [6, 6.07) is 4.61. The van der Waals surface area contributed by atoms with Crippen LogP contribution in [-0.4, -0.2) is 26.2 Å². The number of hydrogen-bond acceptors (Lipinski definition) is 3. The van der Waals surface area contributed by atoms with E-state index < -0.39 is 33.6 Å². The topological polar surface area (TPSA) is 66.4 Å². The zero-order valence-corrected chi connectivity index (χ0v) is 13.2. The maximum Gasteiger partial charge on any atom is 0.416 e. The van der Waals surface area contributed by atoms with E-state index in [1.54, 1.807) is 13.8 Å². The zero-order chi connectivity index (χ0) is 17.0. The Morgan fingerprint density at radius 3 is 2.36 bits per heavy atom. The van der Waals surface area contributed by atoms with Gasteiger partial charge in [-0.05, 0) is 30.9 Å². The second kappa shape index (κ2) is 7.43. The monoisotopic (exact) mass is 339 g/mol. The molecule has 0 aliphatic carbocycles. The zero-order valence-electron chi connectivity index (χ0n) is 12.4. The molecule has 0 bridgehead atoms. The lowest BCUT2D eigenvalue weighted by Crippen LogP contribution is -2.31. The highest BCUT2D eigenvalue weighted by molar-refractivity contribution is 7.88. The first-order valence-corrected chi connectivity index (χ1v) is 8.47. The fraction of sp³-hybridized carbons (Fsp3) is 0.571. The number of benzene rings is 1. The van der Waals surface area contributed by atoms with Crippen LogP contribution in [0.4, 0.5) is 13.2 Å². The Hall–Kier alpha value is -1.12. The third kappa shape index (κ3) is 6.33. The van der Waals surface area contributed by atoms with Crippen LogP contribution < -0.4 is 4.72 Å². The minimum atomic E-state index is -4.59. The van der Waals surface area contributed by atoms with E-state index in [1.165, 1.54) is 12.1 Å². The van der Waals surface area contributed by atoms with E-state index in [0.29, 0.717) is 6.42 Å². The van der Waals surface area contributed by atoms with Crippen molar-refractivity contribution < 1.29 is 26.7 Å². The first-order chi connectivity index (χ1) is 10.0. The average Bonchev–Trinajstić information content (AvgIpc) is 2.34. The summed E-state index contributed by atoms with van der Waals surface area (Å²) in [4.78, 5) is 0. The van der Waals surface area contributed by atoms with E-state index in [-0.39, 0.29) is 18.0 Å². The molecule has 0 aliphatic rings. The summed E-state index contributed by atoms with van der Waals surface area (Å²) in [5.41, 5.74) is -1.23. The van der Waals surface area contributed by atoms with Crippen molar-refractivity contribution in [3.8, 4) is 0 Å². The molecule has 2 N–H and O–H groups in total. The van der Waals surface area contributed by atoms with Crippen LogP contribution in [0, 0.1) is 5.92 Å². The number of sulfonamides is 1. The van der Waals surface area contributed by atoms with Crippen LogP contribution in [0.2, 0.25) is 0 Å². The van der Waals surface area contributed by atoms with Gasteiger partial charge in [-0.1, -0.05) is 25.1 Å². The Bertz CT molecular complexity index is 585. The molecule has 8 heteroatoms. The van der Waals surface area contributed by atoms with Crippen molar-refractivity contribution in [1.29, 1.82) is 0 Å². The fourth-order valence-electron chi connectivity index (χ4n) is 2.11. The third-order valence-electron chi connectivity index (χ3n) is 3.06. The molecule has 2 atom stereocenters. The van der Waals surface area contributed by atoms with Gasteiger partial charge in [0.25, 0.3) is 0 Å². The maximum atomic E-state index is 12.8. The minimum absolute atomic E-state index is 0.0709. The van der Waals surface area contributed by atoms with Crippen LogP contribution >= 0.6 is 0 Å². The van der Waals surface area contributed by atoms with Gasteiger partial charge in [-0.25, -0.2) is 13.1 Å². The van der Waals surface area contributed by atoms with Crippen molar-refractivity contribution in [1.82, 2.24) is 4.72 Å². The molecule has 0 amide bonds. The van der Waals surface area contributed by atoms with Crippen molar-refractivity contribution in [2.24, 2.45) is 5.92 Å². The molecular weight excluding hydrogens is 319 g/mol. The highest BCUT2D eigenvalue weighted by Gasteiger charge is 2.34. The predicted molar refractivity (Wildman–Crippen MR) is 77.5 cm³/mol. The summed E-state index contributed by atoms with van der Waals surface area (Å²) in [6.45, 7) is 3.41. The molecule has 0 saturated carbocycles. The van der Waals surface area contributed by atoms with Gasteiger partial charge in [0.05, 0.1) is 17.4 Å². The Kier molecular flexibility index (Phi) is 6.39. The van der Waals surface area contributed by atoms with E-state index in [1.807, 2.05) is 0 Å². The van der Waals surface area contributed by atoms with Crippen LogP contribution in [0.25, 0.3) is 0 Å². The molecule has 0 radical (unpaired) electrons. The molecule has 126 valence electrons. The molecule has 0 saturated heterocycles. The Balaban J connectivity index is 2.78. The number of rotatable bonds is 7. The quantitative estimate of drug-likeness (QED) is 0.802. The van der Waals surface area contributed by atoms with Crippen LogP contribution in [0.15, 0.2) is 24.3 Å². The first kappa shape index (κ1) is 18.9. The number of hydrogen-bond donors (Lipinski definition) is 2. The SMILES string of the molecule is CC(O)CC(C)CNS(=O)(=O)Cc1ccccc1C(F)(F)F. The van der Waals surface area contributed by atoms with Gasteiger partial charge >= 0.3 is 6.18 Å². The summed E-state index contributed by atoms with van der Waals surface area (Å²) < 4.78 is 64.7. The normalized spacial score (nSPS) is 15.5. The second-order valence-corrected chi connectivity index (χ2v) is 7.26. The van der Waals surface area contributed by atoms with Gasteiger partial charge in [-0.2, -0.15) is 13.2 Å². The Morgan fingerprint density at radius 2 is 1.82 bits per heavy atom. The van der Waals surface area contributed by atoms with Gasteiger partial charge in [0, 0.05) is 6.54 Å². The lowest BCUT2D eigenvalue weighted by Gasteiger charge is -2.16. The fourth-order valence-corrected chi connectivity index (χ4v) is 3.42. The third-order valence-corrected chi connectivity index (χ3v) is 4.36. The lowest BCUT2D eigenvalue weighted by atomic mass is 10.1. The molecule has 2 unspecified atom stereocenters. The highest BCUT2D eigenvalue weighted by atomic mass is 32.2. The van der Waals surface area contributed by atoms with E-state index in [9.17, 15) is 26.7 Å². The van der Waals surface area contributed by atoms with Crippen molar-refractivity contribution in [3.05, 3.63) is 35.4 Å². The van der Waals surface area contributed by atoms with Crippen molar-refractivity contribution in [3.63, 3.8) is 0 Å². The van der Waals surface area contributed by atoms with Gasteiger partial charge in [0.15, 0.2) is 0 Å². The molecule has 0 aliphatic heterocycles. The van der Waals surface area contributed by atoms with Crippen LogP contribution in [0.3, 0.4) is 0 Å². The largest absolute Gasteiger partial charge is 0.416 e. The molecule has 0 fully saturated rings. The van der Waals surface area contributed by atoms with Crippen molar-refractivity contribution >= 4 is 10.0 Å². The Labute approximate surface area is 128 Å². The van der Waals surface area contributed by atoms with Crippen LogP contribution in [0.5, 0.6) is 0 Å². The Morgan fingerprint density at radius 1 is 1.23 bits per heavy atom. The van der Waals surface area contributed by atoms with E-state index in [2.05, 4.69) is 4.72 Å². The summed E-state index contributed by atoms with van der Waals surface area (Å²) in [6.07, 6.45) is -4.75. The molecule has 1 aromatic carbocycles. The maximum absolute atomic E-state index is 12.8. The lowest BCUT2D eigenvalue weighted by molar-refractivity contribution is -0.138. The number of aliphatic hydroxyl groups is 1. The molecule has 0 aromatic heterocycles. The first-order valence-electron chi connectivity index (χ1n) is 6.82. The standard InChI is InChI=1S/C14H20F3NO3S/c1-10(7-11(2)19)8-18-22(20,21)9-12-5-3-4-6-13(12)14(15,16)17/h3-6,10-11,18-19H,7-9H2,1-2H3. The molecule has 1 aromatic rings. The number of halogens is 3. The highest BCUT2D eigenvalue weighted by Crippen LogP contribution is 2.32. The summed E-state index contributed by atoms with van der Waals surface area (Å²) in [5, 5.41) is 9.21. The smallest absolute Gasteiger partial charge is 0.393 e. The average molecular weight is 339 g/mol. The second-order valence-electron chi connectivity index (χ2n) is 5.45. The summed E-state index contributed by atoms with van der Waals surface area (Å²) in [7, 11) is -3.88. The van der Waals surface area contributed by atoms with E-state index in [0.717, 1.165) is 12.1 Å².